The third-order valence-corrected chi connectivity index (χ3v) is 5.18. The normalized spacial score (nSPS) is 21.5. The molecule has 26 heavy (non-hydrogen) atoms. The molecule has 0 saturated heterocycles. The Morgan fingerprint density at radius 2 is 1.85 bits per heavy atom. The molecule has 1 aliphatic carbocycles. The lowest BCUT2D eigenvalue weighted by Crippen LogP contribution is -2.29. The highest BCUT2D eigenvalue weighted by Gasteiger charge is 2.29. The van der Waals surface area contributed by atoms with Gasteiger partial charge in [0.15, 0.2) is 0 Å². The molecule has 0 heterocycles. The summed E-state index contributed by atoms with van der Waals surface area (Å²) in [5, 5.41) is 0. The van der Waals surface area contributed by atoms with Crippen LogP contribution in [-0.4, -0.2) is 32.6 Å². The molecule has 0 unspecified atom stereocenters. The van der Waals surface area contributed by atoms with Gasteiger partial charge in [-0.2, -0.15) is 0 Å². The van der Waals surface area contributed by atoms with E-state index < -0.39 is 0 Å². The van der Waals surface area contributed by atoms with E-state index in [1.807, 2.05) is 6.07 Å². The summed E-state index contributed by atoms with van der Waals surface area (Å²) in [6.07, 6.45) is 5.98. The highest BCUT2D eigenvalue weighted by molar-refractivity contribution is 5.85. The number of hydrogen-bond acceptors (Lipinski definition) is 2. The Balaban J connectivity index is 0.00000243. The van der Waals surface area contributed by atoms with Crippen molar-refractivity contribution in [1.29, 1.82) is 0 Å². The molecule has 2 aromatic carbocycles. The molecular formula is C23H30ClNO. The molecule has 2 aromatic rings. The van der Waals surface area contributed by atoms with Crippen molar-refractivity contribution in [3.05, 3.63) is 71.3 Å². The number of nitrogens with zero attached hydrogens (tertiary/aromatic N) is 1. The maximum Gasteiger partial charge on any atom is 0.119 e. The van der Waals surface area contributed by atoms with Crippen LogP contribution in [0, 0.1) is 5.92 Å². The minimum Gasteiger partial charge on any atom is -0.497 e. The summed E-state index contributed by atoms with van der Waals surface area (Å²) in [6.45, 7) is 1.14. The van der Waals surface area contributed by atoms with Gasteiger partial charge in [-0.3, -0.25) is 0 Å². The average Bonchev–Trinajstić information content (AvgIpc) is 2.63. The van der Waals surface area contributed by atoms with Crippen LogP contribution in [0.1, 0.15) is 36.3 Å². The Morgan fingerprint density at radius 3 is 2.54 bits per heavy atom. The molecule has 0 N–H and O–H groups in total. The predicted octanol–water partition coefficient (Wildman–Crippen LogP) is 5.65. The van der Waals surface area contributed by atoms with Gasteiger partial charge in [0.2, 0.25) is 0 Å². The first kappa shape index (κ1) is 20.5. The second-order valence-electron chi connectivity index (χ2n) is 7.36. The number of halogens is 1. The molecule has 3 heteroatoms. The molecule has 0 radical (unpaired) electrons. The summed E-state index contributed by atoms with van der Waals surface area (Å²) in [7, 11) is 6.11. The monoisotopic (exact) mass is 371 g/mol. The quantitative estimate of drug-likeness (QED) is 0.673. The second kappa shape index (κ2) is 9.80. The minimum atomic E-state index is 0. The smallest absolute Gasteiger partial charge is 0.119 e. The van der Waals surface area contributed by atoms with Crippen molar-refractivity contribution in [3.8, 4) is 5.75 Å². The zero-order valence-corrected chi connectivity index (χ0v) is 16.8. The molecule has 1 aliphatic rings. The maximum atomic E-state index is 5.46. The largest absolute Gasteiger partial charge is 0.497 e. The average molecular weight is 372 g/mol. The van der Waals surface area contributed by atoms with Gasteiger partial charge in [-0.25, -0.2) is 0 Å². The van der Waals surface area contributed by atoms with Gasteiger partial charge in [0, 0.05) is 6.54 Å². The number of rotatable bonds is 5. The van der Waals surface area contributed by atoms with E-state index >= 15 is 0 Å². The Hall–Kier alpha value is -1.77. The molecule has 0 aliphatic heterocycles. The van der Waals surface area contributed by atoms with E-state index in [4.69, 9.17) is 4.74 Å². The molecular weight excluding hydrogens is 342 g/mol. The fourth-order valence-corrected chi connectivity index (χ4v) is 3.99. The highest BCUT2D eigenvalue weighted by Crippen LogP contribution is 2.42. The van der Waals surface area contributed by atoms with E-state index in [1.54, 1.807) is 12.7 Å². The Labute approximate surface area is 164 Å². The van der Waals surface area contributed by atoms with Gasteiger partial charge in [0.25, 0.3) is 0 Å². The molecule has 2 nitrogen and oxygen atoms in total. The first-order valence-electron chi connectivity index (χ1n) is 9.19. The van der Waals surface area contributed by atoms with Crippen LogP contribution >= 0.6 is 12.4 Å². The number of hydrogen-bond donors (Lipinski definition) is 0. The first-order chi connectivity index (χ1) is 12.2. The summed E-state index contributed by atoms with van der Waals surface area (Å²) >= 11 is 0. The van der Waals surface area contributed by atoms with Crippen LogP contribution in [0.4, 0.5) is 0 Å². The number of allylic oxidation sites excluding steroid dienone is 1. The topological polar surface area (TPSA) is 12.5 Å². The summed E-state index contributed by atoms with van der Waals surface area (Å²) < 4.78 is 5.46. The van der Waals surface area contributed by atoms with Gasteiger partial charge in [-0.15, -0.1) is 12.4 Å². The summed E-state index contributed by atoms with van der Waals surface area (Å²) in [5.41, 5.74) is 4.28. The van der Waals surface area contributed by atoms with E-state index in [0.717, 1.165) is 18.7 Å². The summed E-state index contributed by atoms with van der Waals surface area (Å²) in [5.74, 6) is 2.21. The van der Waals surface area contributed by atoms with Crippen LogP contribution in [0.25, 0.3) is 6.08 Å². The van der Waals surface area contributed by atoms with Crippen molar-refractivity contribution >= 4 is 18.5 Å². The molecule has 0 amide bonds. The first-order valence-corrected chi connectivity index (χ1v) is 9.19. The zero-order chi connectivity index (χ0) is 17.6. The second-order valence-corrected chi connectivity index (χ2v) is 7.36. The lowest BCUT2D eigenvalue weighted by molar-refractivity contribution is 0.256. The zero-order valence-electron chi connectivity index (χ0n) is 16.0. The standard InChI is InChI=1S/C23H29NO.ClH/c1-24(2)17-21-13-12-19(14-18-8-5-4-6-9-18)15-23(21)20-10-7-11-22(16-20)25-3;/h4-11,14,16,21,23H,12-13,15,17H2,1-3H3;1H/b19-14+;/t21-,23-;/m0./s1. The van der Waals surface area contributed by atoms with Crippen molar-refractivity contribution in [2.75, 3.05) is 27.7 Å². The van der Waals surface area contributed by atoms with Crippen molar-refractivity contribution in [1.82, 2.24) is 4.90 Å². The van der Waals surface area contributed by atoms with Gasteiger partial charge in [0.05, 0.1) is 7.11 Å². The Morgan fingerprint density at radius 1 is 1.08 bits per heavy atom. The van der Waals surface area contributed by atoms with Crippen LogP contribution in [0.3, 0.4) is 0 Å². The number of benzene rings is 2. The molecule has 140 valence electrons. The van der Waals surface area contributed by atoms with Crippen LogP contribution in [0.15, 0.2) is 60.2 Å². The van der Waals surface area contributed by atoms with E-state index in [-0.39, 0.29) is 12.4 Å². The number of ether oxygens (including phenoxy) is 1. The molecule has 0 bridgehead atoms. The van der Waals surface area contributed by atoms with Crippen LogP contribution in [0.2, 0.25) is 0 Å². The lowest BCUT2D eigenvalue weighted by Gasteiger charge is -2.35. The molecule has 0 aromatic heterocycles. The van der Waals surface area contributed by atoms with Crippen LogP contribution in [-0.2, 0) is 0 Å². The van der Waals surface area contributed by atoms with Gasteiger partial charge in [-0.05, 0) is 68.5 Å². The third kappa shape index (κ3) is 5.36. The summed E-state index contributed by atoms with van der Waals surface area (Å²) in [4.78, 5) is 2.32. The third-order valence-electron chi connectivity index (χ3n) is 5.18. The maximum absolute atomic E-state index is 5.46. The van der Waals surface area contributed by atoms with Crippen molar-refractivity contribution < 1.29 is 4.74 Å². The molecule has 3 rings (SSSR count). The Bertz CT molecular complexity index is 711. The fraction of sp³-hybridized carbons (Fsp3) is 0.391. The lowest BCUT2D eigenvalue weighted by atomic mass is 9.73. The Kier molecular flexibility index (Phi) is 7.74. The van der Waals surface area contributed by atoms with E-state index in [1.165, 1.54) is 24.0 Å². The molecule has 2 atom stereocenters. The van der Waals surface area contributed by atoms with E-state index in [0.29, 0.717) is 11.8 Å². The highest BCUT2D eigenvalue weighted by atomic mass is 35.5. The van der Waals surface area contributed by atoms with Crippen molar-refractivity contribution in [2.45, 2.75) is 25.2 Å². The van der Waals surface area contributed by atoms with Crippen LogP contribution < -0.4 is 4.74 Å². The van der Waals surface area contributed by atoms with Crippen molar-refractivity contribution in [2.24, 2.45) is 5.92 Å². The van der Waals surface area contributed by atoms with Gasteiger partial charge >= 0.3 is 0 Å². The van der Waals surface area contributed by atoms with Gasteiger partial charge in [0.1, 0.15) is 5.75 Å². The van der Waals surface area contributed by atoms with Gasteiger partial charge in [-0.1, -0.05) is 54.1 Å². The fourth-order valence-electron chi connectivity index (χ4n) is 3.99. The molecule has 1 fully saturated rings. The molecule has 0 spiro atoms. The SMILES string of the molecule is COc1cccc([C@@H]2C/C(=C/c3ccccc3)CC[C@H]2CN(C)C)c1.Cl. The minimum absolute atomic E-state index is 0. The van der Waals surface area contributed by atoms with E-state index in [2.05, 4.69) is 73.6 Å². The summed E-state index contributed by atoms with van der Waals surface area (Å²) in [6, 6.07) is 19.3. The van der Waals surface area contributed by atoms with Crippen LogP contribution in [0.5, 0.6) is 5.75 Å². The number of methoxy groups -OCH3 is 1. The predicted molar refractivity (Wildman–Crippen MR) is 113 cm³/mol. The van der Waals surface area contributed by atoms with Crippen molar-refractivity contribution in [3.63, 3.8) is 0 Å². The van der Waals surface area contributed by atoms with E-state index in [9.17, 15) is 0 Å². The van der Waals surface area contributed by atoms with Gasteiger partial charge < -0.3 is 9.64 Å². The molecule has 1 saturated carbocycles.